The van der Waals surface area contributed by atoms with Crippen molar-refractivity contribution in [2.75, 3.05) is 18.7 Å². The molecule has 2 amide bonds. The van der Waals surface area contributed by atoms with Gasteiger partial charge in [-0.3, -0.25) is 14.5 Å². The fraction of sp³-hybridized carbons (Fsp3) is 0.179. The molecule has 2 heterocycles. The largest absolute Gasteiger partial charge is 0.484 e. The van der Waals surface area contributed by atoms with Gasteiger partial charge in [0.1, 0.15) is 10.1 Å². The smallest absolute Gasteiger partial charge is 0.266 e. The number of hydrogen-bond acceptors (Lipinski definition) is 7. The van der Waals surface area contributed by atoms with Gasteiger partial charge in [0.25, 0.3) is 11.8 Å². The van der Waals surface area contributed by atoms with E-state index in [1.165, 1.54) is 11.8 Å². The lowest BCUT2D eigenvalue weighted by molar-refractivity contribution is -0.122. The number of nitrogens with one attached hydrogen (secondary N) is 1. The van der Waals surface area contributed by atoms with Crippen LogP contribution in [0, 0.1) is 13.8 Å². The number of benzene rings is 3. The summed E-state index contributed by atoms with van der Waals surface area (Å²) in [4.78, 5) is 27.5. The van der Waals surface area contributed by atoms with E-state index < -0.39 is 0 Å². The first-order valence-corrected chi connectivity index (χ1v) is 12.8. The van der Waals surface area contributed by atoms with Gasteiger partial charge in [0.2, 0.25) is 6.79 Å². The molecule has 0 unspecified atom stereocenters. The van der Waals surface area contributed by atoms with E-state index in [-0.39, 0.29) is 25.2 Å². The van der Waals surface area contributed by atoms with Gasteiger partial charge in [-0.05, 0) is 72.5 Å². The number of aryl methyl sites for hydroxylation is 1. The quantitative estimate of drug-likeness (QED) is 0.320. The maximum atomic E-state index is 13.0. The summed E-state index contributed by atoms with van der Waals surface area (Å²) in [5.41, 5.74) is 4.65. The number of carbonyl (C=O) groups excluding carboxylic acids is 2. The Kier molecular flexibility index (Phi) is 7.16. The van der Waals surface area contributed by atoms with E-state index in [0.29, 0.717) is 33.0 Å². The van der Waals surface area contributed by atoms with Crippen LogP contribution in [-0.2, 0) is 16.1 Å². The number of rotatable bonds is 7. The Balaban J connectivity index is 1.18. The second-order valence-electron chi connectivity index (χ2n) is 8.61. The zero-order valence-electron chi connectivity index (χ0n) is 20.3. The molecule has 0 aliphatic carbocycles. The molecule has 1 fully saturated rings. The predicted molar refractivity (Wildman–Crippen MR) is 148 cm³/mol. The van der Waals surface area contributed by atoms with Crippen LogP contribution in [0.4, 0.5) is 5.69 Å². The number of thiocarbonyl (C=S) groups is 1. The Bertz CT molecular complexity index is 1420. The summed E-state index contributed by atoms with van der Waals surface area (Å²) >= 11 is 6.74. The van der Waals surface area contributed by atoms with Crippen molar-refractivity contribution in [3.63, 3.8) is 0 Å². The van der Waals surface area contributed by atoms with Gasteiger partial charge in [0, 0.05) is 5.69 Å². The van der Waals surface area contributed by atoms with Crippen LogP contribution in [0.2, 0.25) is 0 Å². The normalized spacial score (nSPS) is 15.4. The number of amides is 2. The van der Waals surface area contributed by atoms with Gasteiger partial charge >= 0.3 is 0 Å². The zero-order valence-corrected chi connectivity index (χ0v) is 21.9. The van der Waals surface area contributed by atoms with E-state index in [0.717, 1.165) is 27.9 Å². The molecule has 3 aromatic carbocycles. The van der Waals surface area contributed by atoms with Crippen LogP contribution in [-0.4, -0.2) is 34.4 Å². The average molecular weight is 533 g/mol. The molecule has 7 nitrogen and oxygen atoms in total. The topological polar surface area (TPSA) is 77.1 Å². The van der Waals surface area contributed by atoms with Crippen LogP contribution in [0.1, 0.15) is 22.3 Å². The maximum Gasteiger partial charge on any atom is 0.266 e. The van der Waals surface area contributed by atoms with Crippen molar-refractivity contribution in [2.24, 2.45) is 0 Å². The summed E-state index contributed by atoms with van der Waals surface area (Å²) < 4.78 is 16.9. The highest BCUT2D eigenvalue weighted by Crippen LogP contribution is 2.36. The number of fused-ring (bicyclic) bond motifs is 1. The summed E-state index contributed by atoms with van der Waals surface area (Å²) in [7, 11) is 0. The van der Waals surface area contributed by atoms with Crippen LogP contribution in [0.25, 0.3) is 6.08 Å². The predicted octanol–water partition coefficient (Wildman–Crippen LogP) is 5.45. The minimum absolute atomic E-state index is 0.106. The maximum absolute atomic E-state index is 13.0. The summed E-state index contributed by atoms with van der Waals surface area (Å²) in [6.45, 7) is 4.42. The van der Waals surface area contributed by atoms with Crippen LogP contribution < -0.4 is 19.5 Å². The zero-order chi connectivity index (χ0) is 25.9. The van der Waals surface area contributed by atoms with E-state index in [9.17, 15) is 9.59 Å². The molecular formula is C28H24N2O5S2. The van der Waals surface area contributed by atoms with Crippen molar-refractivity contribution >= 4 is 51.9 Å². The lowest BCUT2D eigenvalue weighted by Crippen LogP contribution is -2.27. The average Bonchev–Trinajstić information content (AvgIpc) is 3.46. The van der Waals surface area contributed by atoms with Crippen molar-refractivity contribution < 1.29 is 23.8 Å². The van der Waals surface area contributed by atoms with Crippen LogP contribution in [0.5, 0.6) is 17.2 Å². The van der Waals surface area contributed by atoms with Gasteiger partial charge in [-0.1, -0.05) is 54.3 Å². The number of thioether (sulfide) groups is 1. The van der Waals surface area contributed by atoms with Gasteiger partial charge in [-0.25, -0.2) is 0 Å². The SMILES string of the molecule is Cc1cccc(NC(=O)COc2ccc(/C=C3\SC(=S)N(Cc4ccc5c(c4)OCO5)C3=O)cc2)c1C. The van der Waals surface area contributed by atoms with E-state index in [2.05, 4.69) is 5.32 Å². The monoisotopic (exact) mass is 532 g/mol. The van der Waals surface area contributed by atoms with Gasteiger partial charge in [0.15, 0.2) is 18.1 Å². The molecular weight excluding hydrogens is 508 g/mol. The summed E-state index contributed by atoms with van der Waals surface area (Å²) in [5, 5.41) is 2.88. The summed E-state index contributed by atoms with van der Waals surface area (Å²) in [6.07, 6.45) is 1.80. The summed E-state index contributed by atoms with van der Waals surface area (Å²) in [6, 6.07) is 18.6. The van der Waals surface area contributed by atoms with Crippen LogP contribution >= 0.6 is 24.0 Å². The van der Waals surface area contributed by atoms with Crippen molar-refractivity contribution in [1.82, 2.24) is 4.90 Å². The molecule has 0 radical (unpaired) electrons. The fourth-order valence-electron chi connectivity index (χ4n) is 3.89. The first-order chi connectivity index (χ1) is 17.9. The standard InChI is InChI=1S/C28H24N2O5S2/c1-17-4-3-5-22(18(17)2)29-26(31)15-33-21-9-6-19(7-10-21)13-25-27(32)30(28(36)37-25)14-20-8-11-23-24(12-20)35-16-34-23/h3-13H,14-16H2,1-2H3,(H,29,31)/b25-13-. The molecule has 9 heteroatoms. The second-order valence-corrected chi connectivity index (χ2v) is 10.3. The van der Waals surface area contributed by atoms with Gasteiger partial charge in [-0.2, -0.15) is 0 Å². The molecule has 37 heavy (non-hydrogen) atoms. The van der Waals surface area contributed by atoms with Crippen molar-refractivity contribution in [2.45, 2.75) is 20.4 Å². The molecule has 188 valence electrons. The Labute approximate surface area is 224 Å². The minimum atomic E-state index is -0.232. The molecule has 5 rings (SSSR count). The highest BCUT2D eigenvalue weighted by atomic mass is 32.2. The highest BCUT2D eigenvalue weighted by Gasteiger charge is 2.32. The molecule has 0 atom stereocenters. The molecule has 0 bridgehead atoms. The molecule has 0 spiro atoms. The molecule has 0 aromatic heterocycles. The molecule has 2 aliphatic rings. The van der Waals surface area contributed by atoms with Gasteiger partial charge < -0.3 is 19.5 Å². The number of hydrogen-bond donors (Lipinski definition) is 1. The lowest BCUT2D eigenvalue weighted by Gasteiger charge is -2.14. The van der Waals surface area contributed by atoms with Gasteiger partial charge in [0.05, 0.1) is 11.4 Å². The van der Waals surface area contributed by atoms with E-state index >= 15 is 0 Å². The number of nitrogens with zero attached hydrogens (tertiary/aromatic N) is 1. The Morgan fingerprint density at radius 2 is 1.89 bits per heavy atom. The molecule has 3 aromatic rings. The number of anilines is 1. The van der Waals surface area contributed by atoms with E-state index in [4.69, 9.17) is 26.4 Å². The minimum Gasteiger partial charge on any atom is -0.484 e. The van der Waals surface area contributed by atoms with Crippen molar-refractivity contribution in [3.05, 3.63) is 87.8 Å². The molecule has 1 N–H and O–H groups in total. The Hall–Kier alpha value is -3.82. The third-order valence-electron chi connectivity index (χ3n) is 6.08. The Morgan fingerprint density at radius 3 is 2.70 bits per heavy atom. The fourth-order valence-corrected chi connectivity index (χ4v) is 5.15. The number of ether oxygens (including phenoxy) is 3. The lowest BCUT2D eigenvalue weighted by atomic mass is 10.1. The van der Waals surface area contributed by atoms with Crippen LogP contribution in [0.15, 0.2) is 65.6 Å². The molecule has 0 saturated carbocycles. The highest BCUT2D eigenvalue weighted by molar-refractivity contribution is 8.26. The summed E-state index contributed by atoms with van der Waals surface area (Å²) in [5.74, 6) is 1.55. The van der Waals surface area contributed by atoms with Crippen LogP contribution in [0.3, 0.4) is 0 Å². The third kappa shape index (κ3) is 5.63. The third-order valence-corrected chi connectivity index (χ3v) is 7.46. The second kappa shape index (κ2) is 10.7. The Morgan fingerprint density at radius 1 is 1.11 bits per heavy atom. The molecule has 1 saturated heterocycles. The van der Waals surface area contributed by atoms with Gasteiger partial charge in [-0.15, -0.1) is 0 Å². The molecule has 2 aliphatic heterocycles. The van der Waals surface area contributed by atoms with Crippen molar-refractivity contribution in [3.8, 4) is 17.2 Å². The first-order valence-electron chi connectivity index (χ1n) is 11.6. The first kappa shape index (κ1) is 24.9. The van der Waals surface area contributed by atoms with E-state index in [1.807, 2.05) is 62.4 Å². The number of carbonyl (C=O) groups is 2. The van der Waals surface area contributed by atoms with Crippen molar-refractivity contribution in [1.29, 1.82) is 0 Å². The van der Waals surface area contributed by atoms with E-state index in [1.54, 1.807) is 23.1 Å².